The highest BCUT2D eigenvalue weighted by Crippen LogP contribution is 2.40. The first kappa shape index (κ1) is 32.0. The first-order valence-corrected chi connectivity index (χ1v) is 20.0. The van der Waals surface area contributed by atoms with Crippen molar-refractivity contribution < 1.29 is 0 Å². The fraction of sp³-hybridized carbons (Fsp3) is 0. The molecule has 0 atom stereocenters. The molecule has 13 aromatic rings. The summed E-state index contributed by atoms with van der Waals surface area (Å²) in [6.07, 6.45) is 0. The van der Waals surface area contributed by atoms with Crippen molar-refractivity contribution in [1.82, 2.24) is 28.5 Å². The van der Waals surface area contributed by atoms with Gasteiger partial charge in [0.2, 0.25) is 5.95 Å². The molecule has 0 aliphatic carbocycles. The van der Waals surface area contributed by atoms with Crippen LogP contribution in [-0.2, 0) is 0 Å². The average molecular weight is 753 g/mol. The van der Waals surface area contributed by atoms with Crippen molar-refractivity contribution in [2.75, 3.05) is 0 Å². The van der Waals surface area contributed by atoms with E-state index in [0.29, 0.717) is 5.95 Å². The number of benzene rings is 8. The van der Waals surface area contributed by atoms with Gasteiger partial charge in [0.1, 0.15) is 22.4 Å². The average Bonchev–Trinajstić information content (AvgIpc) is 3.97. The van der Waals surface area contributed by atoms with E-state index in [4.69, 9.17) is 15.0 Å². The molecule has 0 spiro atoms. The normalized spacial score (nSPS) is 12.1. The topological polar surface area (TPSA) is 52.9 Å². The van der Waals surface area contributed by atoms with E-state index in [0.717, 1.165) is 82.8 Å². The summed E-state index contributed by atoms with van der Waals surface area (Å²) in [5.74, 6) is 0.624. The number of fused-ring (bicyclic) bond motifs is 14. The summed E-state index contributed by atoms with van der Waals surface area (Å²) >= 11 is 0. The Morgan fingerprint density at radius 2 is 0.864 bits per heavy atom. The Morgan fingerprint density at radius 3 is 1.56 bits per heavy atom. The van der Waals surface area contributed by atoms with E-state index < -0.39 is 0 Å². The summed E-state index contributed by atoms with van der Waals surface area (Å²) < 4.78 is 6.86. The van der Waals surface area contributed by atoms with Gasteiger partial charge in [-0.1, -0.05) is 133 Å². The van der Waals surface area contributed by atoms with Crippen molar-refractivity contribution in [2.45, 2.75) is 0 Å². The predicted octanol–water partition coefficient (Wildman–Crippen LogP) is 13.1. The molecule has 5 aromatic heterocycles. The second-order valence-corrected chi connectivity index (χ2v) is 15.2. The highest BCUT2D eigenvalue weighted by Gasteiger charge is 2.23. The molecule has 0 unspecified atom stereocenters. The summed E-state index contributed by atoms with van der Waals surface area (Å²) in [5.41, 5.74) is 14.5. The van der Waals surface area contributed by atoms with Crippen molar-refractivity contribution in [1.29, 1.82) is 0 Å². The molecule has 0 fully saturated rings. The van der Waals surface area contributed by atoms with Crippen LogP contribution in [0.25, 0.3) is 116 Å². The molecule has 6 heteroatoms. The lowest BCUT2D eigenvalue weighted by atomic mass is 10.0. The van der Waals surface area contributed by atoms with Crippen LogP contribution in [0.1, 0.15) is 0 Å². The SMILES string of the molecule is c1ccc(-c2nc(-n3c4ccccc4c4cc(-c5ccc6c(c5)c5ccccc5n6-c5ccccc5)ccc43)nc3c4ccccc4c4nc5ccccc5n4c23)cc1. The Bertz CT molecular complexity index is 3840. The Kier molecular flexibility index (Phi) is 6.63. The lowest BCUT2D eigenvalue weighted by molar-refractivity contribution is 1.01. The van der Waals surface area contributed by atoms with E-state index in [1.54, 1.807) is 0 Å². The molecular weight excluding hydrogens is 721 g/mol. The van der Waals surface area contributed by atoms with Crippen molar-refractivity contribution in [3.63, 3.8) is 0 Å². The quantitative estimate of drug-likeness (QED) is 0.168. The fourth-order valence-electron chi connectivity index (χ4n) is 9.43. The summed E-state index contributed by atoms with van der Waals surface area (Å²) in [4.78, 5) is 16.2. The molecule has 0 saturated carbocycles. The zero-order chi connectivity index (χ0) is 38.6. The lowest BCUT2D eigenvalue weighted by Crippen LogP contribution is -2.06. The van der Waals surface area contributed by atoms with Crippen molar-refractivity contribution >= 4 is 82.1 Å². The Morgan fingerprint density at radius 1 is 0.339 bits per heavy atom. The van der Waals surface area contributed by atoms with Crippen LogP contribution >= 0.6 is 0 Å². The van der Waals surface area contributed by atoms with Crippen LogP contribution in [0.5, 0.6) is 0 Å². The van der Waals surface area contributed by atoms with Crippen LogP contribution in [0.2, 0.25) is 0 Å². The van der Waals surface area contributed by atoms with Gasteiger partial charge in [0, 0.05) is 43.6 Å². The number of imidazole rings is 1. The molecule has 13 rings (SSSR count). The second kappa shape index (κ2) is 12.2. The molecule has 0 saturated heterocycles. The molecule has 0 N–H and O–H groups in total. The molecule has 0 aliphatic heterocycles. The minimum Gasteiger partial charge on any atom is -0.309 e. The van der Waals surface area contributed by atoms with Gasteiger partial charge in [-0.2, -0.15) is 0 Å². The van der Waals surface area contributed by atoms with Gasteiger partial charge in [-0.15, -0.1) is 0 Å². The number of pyridine rings is 1. The number of rotatable bonds is 4. The van der Waals surface area contributed by atoms with Crippen LogP contribution in [0.15, 0.2) is 194 Å². The third-order valence-electron chi connectivity index (χ3n) is 12.0. The van der Waals surface area contributed by atoms with Gasteiger partial charge in [-0.3, -0.25) is 8.97 Å². The van der Waals surface area contributed by atoms with E-state index in [9.17, 15) is 0 Å². The van der Waals surface area contributed by atoms with Crippen LogP contribution < -0.4 is 0 Å². The van der Waals surface area contributed by atoms with Gasteiger partial charge >= 0.3 is 0 Å². The maximum absolute atomic E-state index is 5.54. The molecule has 0 aliphatic rings. The van der Waals surface area contributed by atoms with Crippen molar-refractivity contribution in [3.05, 3.63) is 194 Å². The van der Waals surface area contributed by atoms with Crippen LogP contribution in [0.3, 0.4) is 0 Å². The van der Waals surface area contributed by atoms with Gasteiger partial charge in [-0.25, -0.2) is 15.0 Å². The highest BCUT2D eigenvalue weighted by atomic mass is 15.2. The largest absolute Gasteiger partial charge is 0.309 e. The number of hydrogen-bond acceptors (Lipinski definition) is 3. The number of aromatic nitrogens is 6. The van der Waals surface area contributed by atoms with Gasteiger partial charge in [0.05, 0.1) is 33.1 Å². The van der Waals surface area contributed by atoms with E-state index in [1.807, 2.05) is 6.07 Å². The maximum Gasteiger partial charge on any atom is 0.235 e. The molecule has 6 nitrogen and oxygen atoms in total. The predicted molar refractivity (Wildman–Crippen MR) is 243 cm³/mol. The van der Waals surface area contributed by atoms with Crippen molar-refractivity contribution in [2.24, 2.45) is 0 Å². The van der Waals surface area contributed by atoms with E-state index in [2.05, 4.69) is 202 Å². The van der Waals surface area contributed by atoms with Gasteiger partial charge < -0.3 is 4.57 Å². The van der Waals surface area contributed by atoms with Gasteiger partial charge in [0.15, 0.2) is 0 Å². The Hall–Kier alpha value is -8.09. The molecule has 0 bridgehead atoms. The molecular formula is C53H32N6. The number of nitrogens with zero attached hydrogens (tertiary/aromatic N) is 6. The molecule has 5 heterocycles. The third-order valence-corrected chi connectivity index (χ3v) is 12.0. The monoisotopic (exact) mass is 752 g/mol. The molecule has 8 aromatic carbocycles. The number of hydrogen-bond donors (Lipinski definition) is 0. The van der Waals surface area contributed by atoms with Gasteiger partial charge in [-0.05, 0) is 71.8 Å². The van der Waals surface area contributed by atoms with Gasteiger partial charge in [0.25, 0.3) is 0 Å². The zero-order valence-corrected chi connectivity index (χ0v) is 31.7. The van der Waals surface area contributed by atoms with E-state index in [-0.39, 0.29) is 0 Å². The van der Waals surface area contributed by atoms with E-state index >= 15 is 0 Å². The molecule has 0 amide bonds. The smallest absolute Gasteiger partial charge is 0.235 e. The summed E-state index contributed by atoms with van der Waals surface area (Å²) in [6, 6.07) is 68.9. The van der Waals surface area contributed by atoms with Crippen molar-refractivity contribution in [3.8, 4) is 34.0 Å². The minimum absolute atomic E-state index is 0.624. The zero-order valence-electron chi connectivity index (χ0n) is 31.7. The lowest BCUT2D eigenvalue weighted by Gasteiger charge is -2.15. The summed E-state index contributed by atoms with van der Waals surface area (Å²) in [6.45, 7) is 0. The first-order chi connectivity index (χ1) is 29.3. The van der Waals surface area contributed by atoms with Crippen LogP contribution in [0.4, 0.5) is 0 Å². The molecule has 0 radical (unpaired) electrons. The fourth-order valence-corrected chi connectivity index (χ4v) is 9.43. The third kappa shape index (κ3) is 4.59. The number of para-hydroxylation sites is 5. The Balaban J connectivity index is 1.07. The standard InChI is InChI=1S/C53H32N6/c1-3-15-33(16-4-1)49-51-50(39-21-7-8-22-40(39)52-54-43-23-11-14-26-48(43)59(51)52)56-53(55-49)58-45-25-13-10-20-38(45)42-32-35(28-30-47(42)58)34-27-29-46-41(31-34)37-19-9-12-24-44(37)57(46)36-17-5-2-6-18-36/h1-32H. The maximum atomic E-state index is 5.54. The molecule has 274 valence electrons. The second-order valence-electron chi connectivity index (χ2n) is 15.2. The Labute approximate surface area is 337 Å². The van der Waals surface area contributed by atoms with Crippen LogP contribution in [0, 0.1) is 0 Å². The summed E-state index contributed by atoms with van der Waals surface area (Å²) in [5, 5.41) is 6.86. The summed E-state index contributed by atoms with van der Waals surface area (Å²) in [7, 11) is 0. The highest BCUT2D eigenvalue weighted by molar-refractivity contribution is 6.16. The van der Waals surface area contributed by atoms with Crippen LogP contribution in [-0.4, -0.2) is 28.5 Å². The minimum atomic E-state index is 0.624. The molecule has 59 heavy (non-hydrogen) atoms. The van der Waals surface area contributed by atoms with E-state index in [1.165, 1.54) is 27.4 Å². The first-order valence-electron chi connectivity index (χ1n) is 20.0.